The highest BCUT2D eigenvalue weighted by molar-refractivity contribution is 5.78. The van der Waals surface area contributed by atoms with Gasteiger partial charge in [0.15, 0.2) is 0 Å². The van der Waals surface area contributed by atoms with Crippen molar-refractivity contribution in [1.82, 2.24) is 14.9 Å². The lowest BCUT2D eigenvalue weighted by molar-refractivity contribution is 0.843. The number of nitrogens with zero attached hydrogens (tertiary/aromatic N) is 2. The van der Waals surface area contributed by atoms with E-state index in [-0.39, 0.29) is 5.56 Å². The quantitative estimate of drug-likeness (QED) is 0.722. The van der Waals surface area contributed by atoms with E-state index in [0.717, 1.165) is 5.56 Å². The summed E-state index contributed by atoms with van der Waals surface area (Å²) in [4.78, 5) is 16.1. The van der Waals surface area contributed by atoms with E-state index < -0.39 is 0 Å². The number of hydrogen-bond acceptors (Lipinski definition) is 3. The Bertz CT molecular complexity index is 662. The van der Waals surface area contributed by atoms with Gasteiger partial charge in [-0.1, -0.05) is 11.8 Å². The Morgan fingerprint density at radius 2 is 2.29 bits per heavy atom. The van der Waals surface area contributed by atoms with Crippen LogP contribution in [0.5, 0.6) is 0 Å². The average molecular weight is 227 g/mol. The molecule has 4 heteroatoms. The van der Waals surface area contributed by atoms with Crippen molar-refractivity contribution in [2.45, 2.75) is 0 Å². The van der Waals surface area contributed by atoms with Gasteiger partial charge in [-0.25, -0.2) is 4.98 Å². The Balaban J connectivity index is 2.54. The van der Waals surface area contributed by atoms with Crippen molar-refractivity contribution < 1.29 is 0 Å². The first-order valence-electron chi connectivity index (χ1n) is 5.31. The largest absolute Gasteiger partial charge is 0.309 e. The zero-order chi connectivity index (χ0) is 12.3. The van der Waals surface area contributed by atoms with E-state index in [2.05, 4.69) is 22.1 Å². The topological polar surface area (TPSA) is 46.9 Å². The fourth-order valence-electron chi connectivity index (χ4n) is 1.52. The molecule has 0 bridgehead atoms. The molecule has 0 atom stereocenters. The molecule has 0 unspecified atom stereocenters. The second-order valence-corrected chi connectivity index (χ2v) is 3.72. The van der Waals surface area contributed by atoms with E-state index in [1.807, 2.05) is 19.2 Å². The summed E-state index contributed by atoms with van der Waals surface area (Å²) < 4.78 is 1.47. The van der Waals surface area contributed by atoms with Crippen LogP contribution in [0.4, 0.5) is 0 Å². The monoisotopic (exact) mass is 227 g/mol. The van der Waals surface area contributed by atoms with E-state index in [0.29, 0.717) is 17.4 Å². The smallest absolute Gasteiger partial charge is 0.260 e. The minimum Gasteiger partial charge on any atom is -0.309 e. The average Bonchev–Trinajstić information content (AvgIpc) is 2.35. The Hall–Kier alpha value is -2.12. The van der Waals surface area contributed by atoms with Gasteiger partial charge in [0.25, 0.3) is 5.56 Å². The van der Waals surface area contributed by atoms with Crippen molar-refractivity contribution >= 4 is 10.9 Å². The Labute approximate surface area is 99.3 Å². The number of fused-ring (bicyclic) bond motifs is 1. The highest BCUT2D eigenvalue weighted by Gasteiger charge is 2.01. The zero-order valence-electron chi connectivity index (χ0n) is 9.82. The normalized spacial score (nSPS) is 10.0. The van der Waals surface area contributed by atoms with Gasteiger partial charge in [-0.05, 0) is 25.2 Å². The number of rotatable bonds is 1. The van der Waals surface area contributed by atoms with Crippen LogP contribution >= 0.6 is 0 Å². The van der Waals surface area contributed by atoms with Crippen LogP contribution in [0.3, 0.4) is 0 Å². The summed E-state index contributed by atoms with van der Waals surface area (Å²) in [5.74, 6) is 5.96. The standard InChI is InChI=1S/C13H13N3O/c1-14-7-3-4-10-5-6-12-11(8-10)13(17)16(2)9-15-12/h5-6,8-9,14H,7H2,1-2H3. The second kappa shape index (κ2) is 4.81. The van der Waals surface area contributed by atoms with Gasteiger partial charge in [0, 0.05) is 12.6 Å². The fourth-order valence-corrected chi connectivity index (χ4v) is 1.52. The van der Waals surface area contributed by atoms with Gasteiger partial charge in [-0.15, -0.1) is 0 Å². The Kier molecular flexibility index (Phi) is 3.22. The first kappa shape index (κ1) is 11.4. The first-order valence-corrected chi connectivity index (χ1v) is 5.31. The summed E-state index contributed by atoms with van der Waals surface area (Å²) in [5.41, 5.74) is 1.48. The van der Waals surface area contributed by atoms with Crippen LogP contribution in [0.1, 0.15) is 5.56 Å². The molecule has 17 heavy (non-hydrogen) atoms. The Morgan fingerprint density at radius 3 is 3.06 bits per heavy atom. The van der Waals surface area contributed by atoms with Gasteiger partial charge < -0.3 is 9.88 Å². The minimum atomic E-state index is -0.0488. The minimum absolute atomic E-state index is 0.0488. The SMILES string of the molecule is CNCC#Cc1ccc2ncn(C)c(=O)c2c1. The summed E-state index contributed by atoms with van der Waals surface area (Å²) in [6.07, 6.45) is 1.52. The molecule has 0 amide bonds. The first-order chi connectivity index (χ1) is 8.22. The molecule has 0 aliphatic rings. The van der Waals surface area contributed by atoms with Gasteiger partial charge in [0.2, 0.25) is 0 Å². The molecular weight excluding hydrogens is 214 g/mol. The highest BCUT2D eigenvalue weighted by Crippen LogP contribution is 2.08. The van der Waals surface area contributed by atoms with Crippen LogP contribution in [0.25, 0.3) is 10.9 Å². The molecule has 86 valence electrons. The van der Waals surface area contributed by atoms with Crippen molar-refractivity contribution in [2.75, 3.05) is 13.6 Å². The van der Waals surface area contributed by atoms with Gasteiger partial charge in [0.1, 0.15) is 0 Å². The maximum absolute atomic E-state index is 11.9. The predicted octanol–water partition coefficient (Wildman–Crippen LogP) is 0.504. The molecule has 0 spiro atoms. The number of hydrogen-bond donors (Lipinski definition) is 1. The molecule has 0 saturated heterocycles. The molecular formula is C13H13N3O. The molecule has 0 fully saturated rings. The summed E-state index contributed by atoms with van der Waals surface area (Å²) in [6, 6.07) is 5.48. The third-order valence-corrected chi connectivity index (χ3v) is 2.42. The summed E-state index contributed by atoms with van der Waals surface area (Å²) in [7, 11) is 3.53. The number of nitrogens with one attached hydrogen (secondary N) is 1. The van der Waals surface area contributed by atoms with Crippen molar-refractivity contribution in [2.24, 2.45) is 7.05 Å². The van der Waals surface area contributed by atoms with Crippen LogP contribution in [0, 0.1) is 11.8 Å². The molecule has 4 nitrogen and oxygen atoms in total. The van der Waals surface area contributed by atoms with Crippen LogP contribution < -0.4 is 10.9 Å². The zero-order valence-corrected chi connectivity index (χ0v) is 9.82. The second-order valence-electron chi connectivity index (χ2n) is 3.72. The summed E-state index contributed by atoms with van der Waals surface area (Å²) >= 11 is 0. The van der Waals surface area contributed by atoms with E-state index >= 15 is 0 Å². The number of aromatic nitrogens is 2. The van der Waals surface area contributed by atoms with Crippen molar-refractivity contribution in [1.29, 1.82) is 0 Å². The van der Waals surface area contributed by atoms with E-state index in [4.69, 9.17) is 0 Å². The van der Waals surface area contributed by atoms with Crippen molar-refractivity contribution in [3.05, 3.63) is 40.4 Å². The molecule has 0 saturated carbocycles. The van der Waals surface area contributed by atoms with Crippen molar-refractivity contribution in [3.63, 3.8) is 0 Å². The van der Waals surface area contributed by atoms with Gasteiger partial charge in [-0.3, -0.25) is 4.79 Å². The molecule has 0 radical (unpaired) electrons. The fraction of sp³-hybridized carbons (Fsp3) is 0.231. The predicted molar refractivity (Wildman–Crippen MR) is 67.8 cm³/mol. The molecule has 2 rings (SSSR count). The maximum Gasteiger partial charge on any atom is 0.260 e. The van der Waals surface area contributed by atoms with E-state index in [9.17, 15) is 4.79 Å². The lowest BCUT2D eigenvalue weighted by Crippen LogP contribution is -2.16. The number of benzene rings is 1. The van der Waals surface area contributed by atoms with Crippen LogP contribution in [-0.2, 0) is 7.05 Å². The third-order valence-electron chi connectivity index (χ3n) is 2.42. The van der Waals surface area contributed by atoms with Crippen molar-refractivity contribution in [3.8, 4) is 11.8 Å². The molecule has 1 N–H and O–H groups in total. The molecule has 2 aromatic rings. The van der Waals surface area contributed by atoms with Gasteiger partial charge in [-0.2, -0.15) is 0 Å². The molecule has 1 aromatic carbocycles. The lowest BCUT2D eigenvalue weighted by Gasteiger charge is -2.00. The van der Waals surface area contributed by atoms with E-state index in [1.165, 1.54) is 10.9 Å². The van der Waals surface area contributed by atoms with Crippen LogP contribution in [-0.4, -0.2) is 23.1 Å². The molecule has 0 aliphatic carbocycles. The molecule has 0 aliphatic heterocycles. The molecule has 1 aromatic heterocycles. The Morgan fingerprint density at radius 1 is 1.47 bits per heavy atom. The van der Waals surface area contributed by atoms with Crippen LogP contribution in [0.15, 0.2) is 29.3 Å². The summed E-state index contributed by atoms with van der Waals surface area (Å²) in [6.45, 7) is 0.628. The van der Waals surface area contributed by atoms with Gasteiger partial charge in [0.05, 0.1) is 23.8 Å². The number of aryl methyl sites for hydroxylation is 1. The molecule has 1 heterocycles. The highest BCUT2D eigenvalue weighted by atomic mass is 16.1. The summed E-state index contributed by atoms with van der Waals surface area (Å²) in [5, 5.41) is 3.55. The van der Waals surface area contributed by atoms with Gasteiger partial charge >= 0.3 is 0 Å². The van der Waals surface area contributed by atoms with E-state index in [1.54, 1.807) is 13.1 Å². The maximum atomic E-state index is 11.9. The van der Waals surface area contributed by atoms with Crippen LogP contribution in [0.2, 0.25) is 0 Å². The third kappa shape index (κ3) is 2.35. The lowest BCUT2D eigenvalue weighted by atomic mass is 10.1.